The lowest BCUT2D eigenvalue weighted by Gasteiger charge is -2.32. The molecule has 2 aromatic rings. The molecule has 0 spiro atoms. The molecule has 1 saturated heterocycles. The summed E-state index contributed by atoms with van der Waals surface area (Å²) >= 11 is 0. The largest absolute Gasteiger partial charge is 0.444 e. The molecule has 3 rings (SSSR count). The highest BCUT2D eigenvalue weighted by atomic mass is 16.6. The molecular weight excluding hydrogens is 394 g/mol. The monoisotopic (exact) mass is 425 g/mol. The van der Waals surface area contributed by atoms with E-state index in [9.17, 15) is 9.90 Å². The minimum Gasteiger partial charge on any atom is -0.444 e. The molecular formula is C25H31NO5. The van der Waals surface area contributed by atoms with Crippen LogP contribution in [0.15, 0.2) is 72.8 Å². The Morgan fingerprint density at radius 1 is 1.16 bits per heavy atom. The van der Waals surface area contributed by atoms with E-state index in [-0.39, 0.29) is 12.6 Å². The van der Waals surface area contributed by atoms with Crippen LogP contribution in [-0.4, -0.2) is 47.2 Å². The number of rotatable bonds is 7. The van der Waals surface area contributed by atoms with Crippen LogP contribution in [0.1, 0.15) is 37.9 Å². The molecule has 1 N–H and O–H groups in total. The lowest BCUT2D eigenvalue weighted by atomic mass is 10.1. The Morgan fingerprint density at radius 3 is 2.45 bits per heavy atom. The zero-order valence-electron chi connectivity index (χ0n) is 18.3. The van der Waals surface area contributed by atoms with Gasteiger partial charge in [0.1, 0.15) is 11.7 Å². The van der Waals surface area contributed by atoms with Gasteiger partial charge in [0.15, 0.2) is 6.23 Å². The molecule has 6 nitrogen and oxygen atoms in total. The molecule has 0 aromatic heterocycles. The van der Waals surface area contributed by atoms with E-state index in [1.54, 1.807) is 12.2 Å². The smallest absolute Gasteiger partial charge is 0.413 e. The lowest BCUT2D eigenvalue weighted by Crippen LogP contribution is -2.46. The van der Waals surface area contributed by atoms with E-state index >= 15 is 0 Å². The summed E-state index contributed by atoms with van der Waals surface area (Å²) < 4.78 is 17.1. The van der Waals surface area contributed by atoms with Crippen LogP contribution < -0.4 is 0 Å². The van der Waals surface area contributed by atoms with Gasteiger partial charge in [-0.3, -0.25) is 4.90 Å². The van der Waals surface area contributed by atoms with Crippen molar-refractivity contribution in [2.75, 3.05) is 13.2 Å². The van der Waals surface area contributed by atoms with Crippen molar-refractivity contribution in [2.24, 2.45) is 0 Å². The highest BCUT2D eigenvalue weighted by Crippen LogP contribution is 2.33. The number of carbonyl (C=O) groups excluding carboxylic acids is 1. The SMILES string of the molecule is CC(C)(C)OC(=O)N1[C@@H]([C@@H](O)/C=C\COCc2ccccc2)OC[C@H]1c1ccccc1. The van der Waals surface area contributed by atoms with Crippen LogP contribution in [0.2, 0.25) is 0 Å². The average Bonchev–Trinajstić information content (AvgIpc) is 3.19. The van der Waals surface area contributed by atoms with E-state index in [0.717, 1.165) is 11.1 Å². The molecule has 1 fully saturated rings. The summed E-state index contributed by atoms with van der Waals surface area (Å²) in [6.45, 7) is 6.55. The van der Waals surface area contributed by atoms with Gasteiger partial charge >= 0.3 is 6.09 Å². The van der Waals surface area contributed by atoms with E-state index in [1.807, 2.05) is 81.4 Å². The van der Waals surface area contributed by atoms with E-state index in [0.29, 0.717) is 13.2 Å². The molecule has 0 saturated carbocycles. The number of hydrogen-bond acceptors (Lipinski definition) is 5. The molecule has 0 bridgehead atoms. The Kier molecular flexibility index (Phi) is 7.85. The van der Waals surface area contributed by atoms with Crippen LogP contribution in [0.25, 0.3) is 0 Å². The first-order chi connectivity index (χ1) is 14.8. The number of ether oxygens (including phenoxy) is 3. The fourth-order valence-corrected chi connectivity index (χ4v) is 3.38. The molecule has 166 valence electrons. The first-order valence-corrected chi connectivity index (χ1v) is 10.5. The minimum atomic E-state index is -1.01. The number of carbonyl (C=O) groups is 1. The fourth-order valence-electron chi connectivity index (χ4n) is 3.38. The third-order valence-electron chi connectivity index (χ3n) is 4.77. The van der Waals surface area contributed by atoms with Gasteiger partial charge in [-0.25, -0.2) is 4.79 Å². The third-order valence-corrected chi connectivity index (χ3v) is 4.77. The number of aliphatic hydroxyl groups is 1. The Labute approximate surface area is 184 Å². The maximum Gasteiger partial charge on any atom is 0.413 e. The van der Waals surface area contributed by atoms with Crippen LogP contribution in [-0.2, 0) is 20.8 Å². The molecule has 0 radical (unpaired) electrons. The summed E-state index contributed by atoms with van der Waals surface area (Å²) in [6, 6.07) is 19.2. The standard InChI is InChI=1S/C25H31NO5/c1-25(2,3)31-24(28)26-21(20-13-8-5-9-14-20)18-30-23(26)22(27)15-10-16-29-17-19-11-6-4-7-12-19/h4-15,21-23,27H,16-18H2,1-3H3/b15-10-/t21-,22-,23+/m0/s1. The Morgan fingerprint density at radius 2 is 1.81 bits per heavy atom. The predicted molar refractivity (Wildman–Crippen MR) is 118 cm³/mol. The van der Waals surface area contributed by atoms with Crippen LogP contribution in [0.4, 0.5) is 4.79 Å². The minimum absolute atomic E-state index is 0.281. The summed E-state index contributed by atoms with van der Waals surface area (Å²) in [7, 11) is 0. The van der Waals surface area contributed by atoms with Crippen molar-refractivity contribution < 1.29 is 24.1 Å². The molecule has 31 heavy (non-hydrogen) atoms. The number of amides is 1. The number of benzene rings is 2. The Hall–Kier alpha value is -2.67. The summed E-state index contributed by atoms with van der Waals surface area (Å²) in [5.41, 5.74) is 1.35. The highest BCUT2D eigenvalue weighted by molar-refractivity contribution is 5.69. The molecule has 0 unspecified atom stereocenters. The maximum atomic E-state index is 13.0. The van der Waals surface area contributed by atoms with Crippen LogP contribution in [0, 0.1) is 0 Å². The number of nitrogens with zero attached hydrogens (tertiary/aromatic N) is 1. The quantitative estimate of drug-likeness (QED) is 0.524. The van der Waals surface area contributed by atoms with Crippen molar-refractivity contribution in [3.63, 3.8) is 0 Å². The molecule has 3 atom stereocenters. The van der Waals surface area contributed by atoms with Gasteiger partial charge in [0.2, 0.25) is 0 Å². The molecule has 2 aromatic carbocycles. The Bertz CT molecular complexity index is 847. The molecule has 1 aliphatic heterocycles. The maximum absolute atomic E-state index is 13.0. The number of aliphatic hydroxyl groups excluding tert-OH is 1. The molecule has 1 heterocycles. The van der Waals surface area contributed by atoms with Gasteiger partial charge in [0.25, 0.3) is 0 Å². The lowest BCUT2D eigenvalue weighted by molar-refractivity contribution is -0.0550. The van der Waals surface area contributed by atoms with Gasteiger partial charge in [-0.05, 0) is 31.9 Å². The first kappa shape index (κ1) is 23.0. The second-order valence-corrected chi connectivity index (χ2v) is 8.46. The molecule has 6 heteroatoms. The summed E-state index contributed by atoms with van der Waals surface area (Å²) in [5, 5.41) is 10.7. The summed E-state index contributed by atoms with van der Waals surface area (Å²) in [4.78, 5) is 14.4. The topological polar surface area (TPSA) is 68.2 Å². The van der Waals surface area contributed by atoms with Gasteiger partial charge in [-0.2, -0.15) is 0 Å². The van der Waals surface area contributed by atoms with Crippen LogP contribution >= 0.6 is 0 Å². The van der Waals surface area contributed by atoms with Gasteiger partial charge in [0.05, 0.1) is 25.9 Å². The van der Waals surface area contributed by atoms with Crippen molar-refractivity contribution in [1.82, 2.24) is 4.90 Å². The fraction of sp³-hybridized carbons (Fsp3) is 0.400. The molecule has 1 amide bonds. The third kappa shape index (κ3) is 6.66. The number of hydrogen-bond donors (Lipinski definition) is 1. The summed E-state index contributed by atoms with van der Waals surface area (Å²) in [6.07, 6.45) is 0.962. The zero-order chi connectivity index (χ0) is 22.3. The van der Waals surface area contributed by atoms with Crippen molar-refractivity contribution in [3.05, 3.63) is 83.9 Å². The zero-order valence-corrected chi connectivity index (χ0v) is 18.3. The molecule has 1 aliphatic rings. The average molecular weight is 426 g/mol. The Balaban J connectivity index is 1.64. The van der Waals surface area contributed by atoms with E-state index in [4.69, 9.17) is 14.2 Å². The highest BCUT2D eigenvalue weighted by Gasteiger charge is 2.43. The van der Waals surface area contributed by atoms with Gasteiger partial charge in [-0.1, -0.05) is 72.8 Å². The van der Waals surface area contributed by atoms with E-state index in [2.05, 4.69) is 0 Å². The van der Waals surface area contributed by atoms with Crippen LogP contribution in [0.3, 0.4) is 0 Å². The van der Waals surface area contributed by atoms with Crippen molar-refractivity contribution >= 4 is 6.09 Å². The first-order valence-electron chi connectivity index (χ1n) is 10.5. The predicted octanol–water partition coefficient (Wildman–Crippen LogP) is 4.46. The van der Waals surface area contributed by atoms with Crippen molar-refractivity contribution in [2.45, 2.75) is 51.4 Å². The van der Waals surface area contributed by atoms with Gasteiger partial charge in [-0.15, -0.1) is 0 Å². The van der Waals surface area contributed by atoms with E-state index in [1.165, 1.54) is 4.90 Å². The van der Waals surface area contributed by atoms with Gasteiger partial charge in [0, 0.05) is 0 Å². The van der Waals surface area contributed by atoms with Gasteiger partial charge < -0.3 is 19.3 Å². The summed E-state index contributed by atoms with van der Waals surface area (Å²) in [5.74, 6) is 0. The second kappa shape index (κ2) is 10.6. The molecule has 0 aliphatic carbocycles. The normalized spacial score (nSPS) is 20.2. The van der Waals surface area contributed by atoms with Crippen molar-refractivity contribution in [1.29, 1.82) is 0 Å². The van der Waals surface area contributed by atoms with Crippen molar-refractivity contribution in [3.8, 4) is 0 Å². The second-order valence-electron chi connectivity index (χ2n) is 8.46. The van der Waals surface area contributed by atoms with Crippen LogP contribution in [0.5, 0.6) is 0 Å². The van der Waals surface area contributed by atoms with E-state index < -0.39 is 24.0 Å².